The van der Waals surface area contributed by atoms with Gasteiger partial charge < -0.3 is 15.7 Å². The molecule has 1 aromatic rings. The Morgan fingerprint density at radius 2 is 1.73 bits per heavy atom. The number of benzene rings is 1. The molecule has 0 spiro atoms. The topological polar surface area (TPSA) is 128 Å². The normalized spacial score (nSPS) is 20.5. The Labute approximate surface area is 193 Å². The van der Waals surface area contributed by atoms with Gasteiger partial charge in [-0.1, -0.05) is 0 Å². The largest absolute Gasteiger partial charge is 0.393 e. The number of alkyl halides is 2. The minimum atomic E-state index is -4.96. The third-order valence-corrected chi connectivity index (χ3v) is 8.58. The van der Waals surface area contributed by atoms with Crippen molar-refractivity contribution in [1.29, 1.82) is 5.26 Å². The Hall–Kier alpha value is -2.13. The van der Waals surface area contributed by atoms with Crippen molar-refractivity contribution < 1.29 is 27.1 Å². The van der Waals surface area contributed by atoms with Crippen molar-refractivity contribution in [3.63, 3.8) is 0 Å². The molecule has 1 aromatic carbocycles. The number of piperidine rings is 2. The average molecular weight is 485 g/mol. The van der Waals surface area contributed by atoms with Gasteiger partial charge in [-0.25, -0.2) is 8.42 Å². The zero-order valence-corrected chi connectivity index (χ0v) is 19.7. The molecule has 2 heterocycles. The number of carbonyl (C=O) groups is 1. The van der Waals surface area contributed by atoms with Gasteiger partial charge in [-0.2, -0.15) is 18.3 Å². The first-order valence-corrected chi connectivity index (χ1v) is 12.4. The number of nitriles is 1. The van der Waals surface area contributed by atoms with Gasteiger partial charge in [0.1, 0.15) is 5.54 Å². The molecule has 11 heteroatoms. The van der Waals surface area contributed by atoms with Gasteiger partial charge in [0.15, 0.2) is 0 Å². The lowest BCUT2D eigenvalue weighted by molar-refractivity contribution is 0.0546. The number of aryl methyl sites for hydroxylation is 2. The highest BCUT2D eigenvalue weighted by atomic mass is 32.2. The maximum absolute atomic E-state index is 15.1. The van der Waals surface area contributed by atoms with E-state index in [-0.39, 0.29) is 37.4 Å². The fraction of sp³-hybridized carbons (Fsp3) is 0.636. The third-order valence-electron chi connectivity index (χ3n) is 6.63. The van der Waals surface area contributed by atoms with Crippen molar-refractivity contribution in [2.24, 2.45) is 5.73 Å². The summed E-state index contributed by atoms with van der Waals surface area (Å²) in [4.78, 5) is 14.4. The summed E-state index contributed by atoms with van der Waals surface area (Å²) >= 11 is 0. The summed E-state index contributed by atoms with van der Waals surface area (Å²) < 4.78 is 56.3. The molecule has 0 unspecified atom stereocenters. The van der Waals surface area contributed by atoms with Crippen LogP contribution in [-0.2, 0) is 16.4 Å². The fourth-order valence-electron chi connectivity index (χ4n) is 4.37. The zero-order chi connectivity index (χ0) is 24.6. The molecule has 0 bridgehead atoms. The van der Waals surface area contributed by atoms with Gasteiger partial charge >= 0.3 is 5.25 Å². The number of nitrogens with zero attached hydrogens (tertiary/aromatic N) is 3. The van der Waals surface area contributed by atoms with E-state index >= 15 is 8.78 Å². The van der Waals surface area contributed by atoms with Crippen LogP contribution < -0.4 is 5.73 Å². The van der Waals surface area contributed by atoms with Crippen LogP contribution in [0.5, 0.6) is 0 Å². The number of nitrogens with two attached hydrogens (primary N) is 1. The second kappa shape index (κ2) is 9.25. The van der Waals surface area contributed by atoms with Gasteiger partial charge in [-0.15, -0.1) is 0 Å². The molecular formula is C22H30F2N4O4S. The summed E-state index contributed by atoms with van der Waals surface area (Å²) in [6.45, 7) is 3.52. The first-order valence-electron chi connectivity index (χ1n) is 10.9. The van der Waals surface area contributed by atoms with E-state index in [4.69, 9.17) is 11.0 Å². The standard InChI is InChI=1S/C22H30F2N4O4S/c1-15-11-17(20(30)27-7-3-18(29)4-8-27)12-16(2)19(15)13-22(23,24)33(31,32)28-9-5-21(26,14-25)6-10-28/h11-12,18,29H,3-10,13,26H2,1-2H3. The summed E-state index contributed by atoms with van der Waals surface area (Å²) in [5, 5.41) is 14.7. The summed E-state index contributed by atoms with van der Waals surface area (Å²) in [6, 6.07) is 4.93. The van der Waals surface area contributed by atoms with E-state index < -0.39 is 33.3 Å². The fourth-order valence-corrected chi connectivity index (χ4v) is 5.74. The Morgan fingerprint density at radius 1 is 1.21 bits per heavy atom. The van der Waals surface area contributed by atoms with Gasteiger partial charge in [0, 0.05) is 31.7 Å². The molecule has 0 aliphatic carbocycles. The number of hydrogen-bond donors (Lipinski definition) is 2. The number of aliphatic hydroxyl groups is 1. The minimum absolute atomic E-state index is 0.0127. The van der Waals surface area contributed by atoms with Crippen LogP contribution in [-0.4, -0.2) is 71.7 Å². The Kier molecular flexibility index (Phi) is 7.15. The molecule has 2 saturated heterocycles. The van der Waals surface area contributed by atoms with E-state index in [0.29, 0.717) is 46.9 Å². The van der Waals surface area contributed by atoms with Crippen LogP contribution in [0.4, 0.5) is 8.78 Å². The van der Waals surface area contributed by atoms with Crippen LogP contribution in [0.3, 0.4) is 0 Å². The van der Waals surface area contributed by atoms with Crippen LogP contribution in [0.15, 0.2) is 12.1 Å². The molecule has 0 aromatic heterocycles. The average Bonchev–Trinajstić information content (AvgIpc) is 2.76. The molecule has 8 nitrogen and oxygen atoms in total. The number of sulfonamides is 1. The van der Waals surface area contributed by atoms with Crippen molar-refractivity contribution >= 4 is 15.9 Å². The highest BCUT2D eigenvalue weighted by Crippen LogP contribution is 2.34. The number of aliphatic hydroxyl groups excluding tert-OH is 1. The summed E-state index contributed by atoms with van der Waals surface area (Å²) in [7, 11) is -4.96. The maximum Gasteiger partial charge on any atom is 0.363 e. The maximum atomic E-state index is 15.1. The van der Waals surface area contributed by atoms with E-state index in [1.165, 1.54) is 12.1 Å². The molecule has 0 saturated carbocycles. The first-order chi connectivity index (χ1) is 15.3. The molecule has 0 radical (unpaired) electrons. The number of likely N-dealkylation sites (tertiary alicyclic amines) is 1. The number of carbonyl (C=O) groups excluding carboxylic acids is 1. The van der Waals surface area contributed by atoms with Crippen molar-refractivity contribution in [1.82, 2.24) is 9.21 Å². The molecule has 3 N–H and O–H groups in total. The zero-order valence-electron chi connectivity index (χ0n) is 18.9. The molecule has 1 amide bonds. The van der Waals surface area contributed by atoms with Gasteiger partial charge in [-0.3, -0.25) is 4.79 Å². The summed E-state index contributed by atoms with van der Waals surface area (Å²) in [5.74, 6) is -0.241. The van der Waals surface area contributed by atoms with Crippen molar-refractivity contribution in [3.05, 3.63) is 34.4 Å². The summed E-state index contributed by atoms with van der Waals surface area (Å²) in [5.41, 5.74) is 5.97. The Bertz CT molecular complexity index is 1030. The minimum Gasteiger partial charge on any atom is -0.393 e. The van der Waals surface area contributed by atoms with Gasteiger partial charge in [0.05, 0.1) is 18.6 Å². The molecule has 182 valence electrons. The smallest absolute Gasteiger partial charge is 0.363 e. The van der Waals surface area contributed by atoms with Crippen LogP contribution >= 0.6 is 0 Å². The van der Waals surface area contributed by atoms with E-state index in [0.717, 1.165) is 0 Å². The molecular weight excluding hydrogens is 454 g/mol. The van der Waals surface area contributed by atoms with Gasteiger partial charge in [-0.05, 0) is 68.4 Å². The van der Waals surface area contributed by atoms with E-state index in [9.17, 15) is 18.3 Å². The summed E-state index contributed by atoms with van der Waals surface area (Å²) in [6.07, 6.45) is -0.489. The number of amides is 1. The SMILES string of the molecule is Cc1cc(C(=O)N2CCC(O)CC2)cc(C)c1CC(F)(F)S(=O)(=O)N1CCC(N)(C#N)CC1. The van der Waals surface area contributed by atoms with E-state index in [1.54, 1.807) is 18.7 Å². The lowest BCUT2D eigenvalue weighted by atomic mass is 9.91. The molecule has 3 rings (SSSR count). The predicted molar refractivity (Wildman–Crippen MR) is 118 cm³/mol. The second-order valence-electron chi connectivity index (χ2n) is 9.10. The van der Waals surface area contributed by atoms with Crippen LogP contribution in [0.1, 0.15) is 52.7 Å². The van der Waals surface area contributed by atoms with Crippen LogP contribution in [0.2, 0.25) is 0 Å². The third kappa shape index (κ3) is 5.19. The number of rotatable bonds is 5. The highest BCUT2D eigenvalue weighted by Gasteiger charge is 2.51. The quantitative estimate of drug-likeness (QED) is 0.655. The van der Waals surface area contributed by atoms with E-state index in [2.05, 4.69) is 0 Å². The predicted octanol–water partition coefficient (Wildman–Crippen LogP) is 1.68. The molecule has 2 aliphatic rings. The Balaban J connectivity index is 1.78. The van der Waals surface area contributed by atoms with Gasteiger partial charge in [0.25, 0.3) is 15.9 Å². The lowest BCUT2D eigenvalue weighted by Crippen LogP contribution is -2.54. The van der Waals surface area contributed by atoms with Crippen molar-refractivity contribution in [3.8, 4) is 6.07 Å². The van der Waals surface area contributed by atoms with Crippen molar-refractivity contribution in [2.45, 2.75) is 62.8 Å². The first kappa shape index (κ1) is 25.5. The van der Waals surface area contributed by atoms with Crippen molar-refractivity contribution in [2.75, 3.05) is 26.2 Å². The van der Waals surface area contributed by atoms with Gasteiger partial charge in [0.2, 0.25) is 0 Å². The molecule has 33 heavy (non-hydrogen) atoms. The molecule has 2 aliphatic heterocycles. The van der Waals surface area contributed by atoms with E-state index in [1.807, 2.05) is 6.07 Å². The second-order valence-corrected chi connectivity index (χ2v) is 11.2. The van der Waals surface area contributed by atoms with Crippen LogP contribution in [0, 0.1) is 25.2 Å². The highest BCUT2D eigenvalue weighted by molar-refractivity contribution is 7.90. The lowest BCUT2D eigenvalue weighted by Gasteiger charge is -2.35. The number of halogens is 2. The monoisotopic (exact) mass is 484 g/mol. The Morgan fingerprint density at radius 3 is 2.21 bits per heavy atom. The number of hydrogen-bond acceptors (Lipinski definition) is 6. The van der Waals surface area contributed by atoms with Crippen LogP contribution in [0.25, 0.3) is 0 Å². The molecule has 2 fully saturated rings. The molecule has 0 atom stereocenters.